The molecule has 6 nitrogen and oxygen atoms in total. The Bertz CT molecular complexity index is 483. The van der Waals surface area contributed by atoms with E-state index in [1.807, 2.05) is 6.92 Å². The molecule has 1 aliphatic rings. The van der Waals surface area contributed by atoms with Crippen LogP contribution >= 0.6 is 0 Å². The molecular formula is C14H25N5O. The van der Waals surface area contributed by atoms with E-state index in [1.54, 1.807) is 0 Å². The van der Waals surface area contributed by atoms with Gasteiger partial charge in [0.1, 0.15) is 17.5 Å². The van der Waals surface area contributed by atoms with Crippen LogP contribution in [0.1, 0.15) is 38.6 Å². The monoisotopic (exact) mass is 279 g/mol. The summed E-state index contributed by atoms with van der Waals surface area (Å²) in [6.45, 7) is 10.2. The maximum atomic E-state index is 9.29. The van der Waals surface area contributed by atoms with E-state index in [1.165, 1.54) is 0 Å². The number of hydrogen-bond acceptors (Lipinski definition) is 6. The number of nitrogens with one attached hydrogen (secondary N) is 1. The Kier molecular flexibility index (Phi) is 4.15. The molecule has 0 bridgehead atoms. The summed E-state index contributed by atoms with van der Waals surface area (Å²) in [5.41, 5.74) is 3.49. The molecule has 1 aromatic heterocycles. The third kappa shape index (κ3) is 2.86. The van der Waals surface area contributed by atoms with E-state index in [9.17, 15) is 5.11 Å². The van der Waals surface area contributed by atoms with Crippen molar-refractivity contribution in [3.8, 4) is 0 Å². The minimum atomic E-state index is -0.135. The molecule has 6 heteroatoms. The molecule has 1 unspecified atom stereocenters. The zero-order valence-electron chi connectivity index (χ0n) is 12.8. The van der Waals surface area contributed by atoms with Gasteiger partial charge in [-0.25, -0.2) is 15.8 Å². The standard InChI is InChI=1S/C14H25N5O/c1-9-11(18-15)16-13(14(2,3)4)17-12(9)19-6-5-10(7-19)8-20/h10,20H,5-8,15H2,1-4H3,(H,16,17,18). The Hall–Kier alpha value is -1.40. The van der Waals surface area contributed by atoms with E-state index < -0.39 is 0 Å². The van der Waals surface area contributed by atoms with Gasteiger partial charge in [-0.15, -0.1) is 0 Å². The summed E-state index contributed by atoms with van der Waals surface area (Å²) in [4.78, 5) is 11.5. The van der Waals surface area contributed by atoms with Gasteiger partial charge in [-0.3, -0.25) is 0 Å². The first-order valence-electron chi connectivity index (χ1n) is 7.08. The molecule has 0 saturated carbocycles. The molecule has 112 valence electrons. The largest absolute Gasteiger partial charge is 0.396 e. The Labute approximate surface area is 120 Å². The van der Waals surface area contributed by atoms with Crippen molar-refractivity contribution >= 4 is 11.6 Å². The van der Waals surface area contributed by atoms with Gasteiger partial charge in [0.15, 0.2) is 0 Å². The summed E-state index contributed by atoms with van der Waals surface area (Å²) < 4.78 is 0. The molecule has 0 amide bonds. The van der Waals surface area contributed by atoms with Crippen LogP contribution in [-0.2, 0) is 5.41 Å². The molecule has 1 aliphatic heterocycles. The second kappa shape index (κ2) is 5.54. The van der Waals surface area contributed by atoms with E-state index in [2.05, 4.69) is 36.1 Å². The van der Waals surface area contributed by atoms with E-state index in [0.717, 1.165) is 36.7 Å². The molecule has 0 radical (unpaired) electrons. The minimum Gasteiger partial charge on any atom is -0.396 e. The van der Waals surface area contributed by atoms with Gasteiger partial charge in [-0.1, -0.05) is 20.8 Å². The Morgan fingerprint density at radius 2 is 2.10 bits per heavy atom. The summed E-state index contributed by atoms with van der Waals surface area (Å²) in [5.74, 6) is 8.29. The number of nitrogens with two attached hydrogens (primary N) is 1. The van der Waals surface area contributed by atoms with Crippen molar-refractivity contribution in [3.05, 3.63) is 11.4 Å². The number of anilines is 2. The summed E-state index contributed by atoms with van der Waals surface area (Å²) >= 11 is 0. The smallest absolute Gasteiger partial charge is 0.148 e. The van der Waals surface area contributed by atoms with Crippen LogP contribution in [0.3, 0.4) is 0 Å². The highest BCUT2D eigenvalue weighted by Gasteiger charge is 2.27. The zero-order valence-corrected chi connectivity index (χ0v) is 12.8. The maximum absolute atomic E-state index is 9.29. The lowest BCUT2D eigenvalue weighted by molar-refractivity contribution is 0.238. The highest BCUT2D eigenvalue weighted by molar-refractivity contribution is 5.59. The third-order valence-corrected chi connectivity index (χ3v) is 3.77. The average Bonchev–Trinajstić information content (AvgIpc) is 2.86. The molecule has 0 aromatic carbocycles. The molecule has 2 rings (SSSR count). The predicted molar refractivity (Wildman–Crippen MR) is 80.7 cm³/mol. The predicted octanol–water partition coefficient (Wildman–Crippen LogP) is 1.19. The zero-order chi connectivity index (χ0) is 14.9. The number of aromatic nitrogens is 2. The Morgan fingerprint density at radius 3 is 2.60 bits per heavy atom. The van der Waals surface area contributed by atoms with Crippen LogP contribution in [-0.4, -0.2) is 34.8 Å². The lowest BCUT2D eigenvalue weighted by Crippen LogP contribution is -2.27. The van der Waals surface area contributed by atoms with E-state index >= 15 is 0 Å². The quantitative estimate of drug-likeness (QED) is 0.569. The van der Waals surface area contributed by atoms with Crippen LogP contribution in [0, 0.1) is 12.8 Å². The molecule has 1 aromatic rings. The molecule has 0 aliphatic carbocycles. The normalized spacial score (nSPS) is 19.5. The Morgan fingerprint density at radius 1 is 1.40 bits per heavy atom. The number of hydrogen-bond donors (Lipinski definition) is 3. The number of nitrogen functional groups attached to an aromatic ring is 1. The molecule has 1 fully saturated rings. The fraction of sp³-hybridized carbons (Fsp3) is 0.714. The number of aliphatic hydroxyl groups is 1. The van der Waals surface area contributed by atoms with Crippen LogP contribution in [0.2, 0.25) is 0 Å². The van der Waals surface area contributed by atoms with Crippen molar-refractivity contribution in [2.75, 3.05) is 30.0 Å². The van der Waals surface area contributed by atoms with Gasteiger partial charge in [0.25, 0.3) is 0 Å². The molecule has 1 saturated heterocycles. The van der Waals surface area contributed by atoms with Gasteiger partial charge in [0.2, 0.25) is 0 Å². The highest BCUT2D eigenvalue weighted by atomic mass is 16.3. The average molecular weight is 279 g/mol. The number of aliphatic hydroxyl groups excluding tert-OH is 1. The highest BCUT2D eigenvalue weighted by Crippen LogP contribution is 2.31. The van der Waals surface area contributed by atoms with Gasteiger partial charge >= 0.3 is 0 Å². The van der Waals surface area contributed by atoms with Crippen molar-refractivity contribution in [2.24, 2.45) is 11.8 Å². The summed E-state index contributed by atoms with van der Waals surface area (Å²) in [6.07, 6.45) is 0.996. The lowest BCUT2D eigenvalue weighted by Gasteiger charge is -2.25. The molecule has 0 spiro atoms. The van der Waals surface area contributed by atoms with Crippen molar-refractivity contribution in [3.63, 3.8) is 0 Å². The molecular weight excluding hydrogens is 254 g/mol. The molecule has 1 atom stereocenters. The number of hydrazine groups is 1. The molecule has 20 heavy (non-hydrogen) atoms. The second-order valence-corrected chi connectivity index (χ2v) is 6.52. The van der Waals surface area contributed by atoms with Crippen molar-refractivity contribution < 1.29 is 5.11 Å². The minimum absolute atomic E-state index is 0.135. The third-order valence-electron chi connectivity index (χ3n) is 3.77. The van der Waals surface area contributed by atoms with Crippen LogP contribution in [0.25, 0.3) is 0 Å². The van der Waals surface area contributed by atoms with Crippen LogP contribution in [0.4, 0.5) is 11.6 Å². The SMILES string of the molecule is Cc1c(NN)nc(C(C)(C)C)nc1N1CCC(CO)C1. The number of rotatable bonds is 3. The first-order chi connectivity index (χ1) is 9.36. The lowest BCUT2D eigenvalue weighted by atomic mass is 9.95. The van der Waals surface area contributed by atoms with E-state index in [-0.39, 0.29) is 12.0 Å². The van der Waals surface area contributed by atoms with Crippen LogP contribution < -0.4 is 16.2 Å². The molecule has 2 heterocycles. The maximum Gasteiger partial charge on any atom is 0.148 e. The van der Waals surface area contributed by atoms with Crippen LogP contribution in [0.5, 0.6) is 0 Å². The summed E-state index contributed by atoms with van der Waals surface area (Å²) in [5, 5.41) is 9.29. The Balaban J connectivity index is 2.41. The number of nitrogens with zero attached hydrogens (tertiary/aromatic N) is 3. The molecule has 4 N–H and O–H groups in total. The van der Waals surface area contributed by atoms with Gasteiger partial charge < -0.3 is 15.4 Å². The van der Waals surface area contributed by atoms with Crippen LogP contribution in [0.15, 0.2) is 0 Å². The topological polar surface area (TPSA) is 87.3 Å². The van der Waals surface area contributed by atoms with Crippen molar-refractivity contribution in [2.45, 2.75) is 39.5 Å². The van der Waals surface area contributed by atoms with Crippen molar-refractivity contribution in [1.29, 1.82) is 0 Å². The van der Waals surface area contributed by atoms with Gasteiger partial charge in [0.05, 0.1) is 0 Å². The summed E-state index contributed by atoms with van der Waals surface area (Å²) in [7, 11) is 0. The first kappa shape index (κ1) is 15.0. The summed E-state index contributed by atoms with van der Waals surface area (Å²) in [6, 6.07) is 0. The fourth-order valence-corrected chi connectivity index (χ4v) is 2.46. The van der Waals surface area contributed by atoms with Gasteiger partial charge in [-0.2, -0.15) is 0 Å². The van der Waals surface area contributed by atoms with Gasteiger partial charge in [-0.05, 0) is 13.3 Å². The fourth-order valence-electron chi connectivity index (χ4n) is 2.46. The first-order valence-corrected chi connectivity index (χ1v) is 7.08. The van der Waals surface area contributed by atoms with Crippen molar-refractivity contribution in [1.82, 2.24) is 9.97 Å². The van der Waals surface area contributed by atoms with E-state index in [4.69, 9.17) is 10.8 Å². The second-order valence-electron chi connectivity index (χ2n) is 6.52. The van der Waals surface area contributed by atoms with Gasteiger partial charge in [0, 0.05) is 36.6 Å². The van der Waals surface area contributed by atoms with E-state index in [0.29, 0.717) is 11.7 Å².